The highest BCUT2D eigenvalue weighted by atomic mass is 16.5. The van der Waals surface area contributed by atoms with Crippen LogP contribution < -0.4 is 9.47 Å². The maximum absolute atomic E-state index is 5.80. The van der Waals surface area contributed by atoms with Crippen LogP contribution in [0.2, 0.25) is 0 Å². The molecule has 0 aromatic heterocycles. The molecule has 0 unspecified atom stereocenters. The van der Waals surface area contributed by atoms with Crippen LogP contribution in [0.3, 0.4) is 0 Å². The molecule has 0 saturated carbocycles. The van der Waals surface area contributed by atoms with Gasteiger partial charge in [-0.3, -0.25) is 0 Å². The van der Waals surface area contributed by atoms with Gasteiger partial charge < -0.3 is 9.47 Å². The summed E-state index contributed by atoms with van der Waals surface area (Å²) < 4.78 is 11.6. The third-order valence-electron chi connectivity index (χ3n) is 5.94. The Balaban J connectivity index is 0.000000148. The maximum atomic E-state index is 5.80. The van der Waals surface area contributed by atoms with Gasteiger partial charge in [0.25, 0.3) is 0 Å². The van der Waals surface area contributed by atoms with Crippen molar-refractivity contribution >= 4 is 21.5 Å². The van der Waals surface area contributed by atoms with Crippen LogP contribution in [-0.2, 0) is 13.2 Å². The second-order valence-corrected chi connectivity index (χ2v) is 8.57. The van der Waals surface area contributed by atoms with Crippen molar-refractivity contribution in [2.45, 2.75) is 13.2 Å². The van der Waals surface area contributed by atoms with E-state index in [9.17, 15) is 0 Å². The van der Waals surface area contributed by atoms with Gasteiger partial charge in [-0.15, -0.1) is 0 Å². The van der Waals surface area contributed by atoms with Crippen LogP contribution >= 0.6 is 0 Å². The van der Waals surface area contributed by atoms with E-state index in [4.69, 9.17) is 9.47 Å². The fraction of sp³-hybridized carbons (Fsp3) is 0.0588. The minimum atomic E-state index is 0.610. The lowest BCUT2D eigenvalue weighted by Crippen LogP contribution is -1.94. The molecule has 2 heteroatoms. The van der Waals surface area contributed by atoms with E-state index in [1.165, 1.54) is 32.7 Å². The molecule has 36 heavy (non-hydrogen) atoms. The molecule has 176 valence electrons. The van der Waals surface area contributed by atoms with Crippen molar-refractivity contribution in [3.05, 3.63) is 157 Å². The Morgan fingerprint density at radius 1 is 0.333 bits per heavy atom. The summed E-state index contributed by atoms with van der Waals surface area (Å²) in [4.78, 5) is 0. The quantitative estimate of drug-likeness (QED) is 0.243. The Bertz CT molecular complexity index is 1410. The zero-order chi connectivity index (χ0) is 24.4. The molecule has 0 N–H and O–H groups in total. The molecule has 2 nitrogen and oxygen atoms in total. The molecule has 0 heterocycles. The Labute approximate surface area is 212 Å². The van der Waals surface area contributed by atoms with Gasteiger partial charge in [0, 0.05) is 0 Å². The molecule has 0 fully saturated rings. The van der Waals surface area contributed by atoms with Gasteiger partial charge in [0.2, 0.25) is 0 Å². The van der Waals surface area contributed by atoms with Crippen molar-refractivity contribution in [2.24, 2.45) is 0 Å². The predicted molar refractivity (Wildman–Crippen MR) is 149 cm³/mol. The summed E-state index contributed by atoms with van der Waals surface area (Å²) in [6.45, 7) is 1.22. The first-order chi connectivity index (χ1) is 17.8. The number of rotatable bonds is 6. The summed E-state index contributed by atoms with van der Waals surface area (Å²) in [5.74, 6) is 1.83. The van der Waals surface area contributed by atoms with Gasteiger partial charge in [-0.05, 0) is 56.9 Å². The Morgan fingerprint density at radius 3 is 1.11 bits per heavy atom. The number of benzene rings is 6. The highest BCUT2D eigenvalue weighted by Crippen LogP contribution is 2.22. The minimum absolute atomic E-state index is 0.610. The average molecular weight is 469 g/mol. The number of ether oxygens (including phenoxy) is 2. The van der Waals surface area contributed by atoms with Crippen LogP contribution in [0.1, 0.15) is 11.1 Å². The van der Waals surface area contributed by atoms with Gasteiger partial charge in [0.05, 0.1) is 0 Å². The fourth-order valence-corrected chi connectivity index (χ4v) is 4.00. The molecular formula is C34H28O2. The van der Waals surface area contributed by atoms with Crippen LogP contribution in [0.4, 0.5) is 0 Å². The molecule has 6 aromatic carbocycles. The third kappa shape index (κ3) is 6.31. The van der Waals surface area contributed by atoms with E-state index in [2.05, 4.69) is 72.8 Å². The van der Waals surface area contributed by atoms with Gasteiger partial charge in [-0.1, -0.05) is 121 Å². The lowest BCUT2D eigenvalue weighted by atomic mass is 10.1. The number of hydrogen-bond donors (Lipinski definition) is 0. The van der Waals surface area contributed by atoms with Crippen LogP contribution in [0, 0.1) is 0 Å². The van der Waals surface area contributed by atoms with E-state index in [1.807, 2.05) is 72.8 Å². The summed E-state index contributed by atoms with van der Waals surface area (Å²) >= 11 is 0. The molecule has 0 saturated heterocycles. The van der Waals surface area contributed by atoms with Gasteiger partial charge in [0.1, 0.15) is 24.7 Å². The monoisotopic (exact) mass is 468 g/mol. The van der Waals surface area contributed by atoms with Gasteiger partial charge >= 0.3 is 0 Å². The fourth-order valence-electron chi connectivity index (χ4n) is 4.00. The van der Waals surface area contributed by atoms with Crippen molar-refractivity contribution in [3.63, 3.8) is 0 Å². The zero-order valence-electron chi connectivity index (χ0n) is 20.1. The first-order valence-electron chi connectivity index (χ1n) is 12.1. The Morgan fingerprint density at radius 2 is 0.694 bits per heavy atom. The Kier molecular flexibility index (Phi) is 7.55. The molecular weight excluding hydrogens is 440 g/mol. The van der Waals surface area contributed by atoms with E-state index in [0.29, 0.717) is 13.2 Å². The van der Waals surface area contributed by atoms with Crippen molar-refractivity contribution in [3.8, 4) is 11.5 Å². The van der Waals surface area contributed by atoms with Crippen molar-refractivity contribution in [1.29, 1.82) is 0 Å². The summed E-state index contributed by atoms with van der Waals surface area (Å²) in [6.07, 6.45) is 0. The van der Waals surface area contributed by atoms with Crippen molar-refractivity contribution in [2.75, 3.05) is 0 Å². The van der Waals surface area contributed by atoms with Crippen LogP contribution in [-0.4, -0.2) is 0 Å². The molecule has 0 radical (unpaired) electrons. The smallest absolute Gasteiger partial charge is 0.120 e. The number of fused-ring (bicyclic) bond motifs is 2. The minimum Gasteiger partial charge on any atom is -0.489 e. The highest BCUT2D eigenvalue weighted by molar-refractivity contribution is 5.84. The molecule has 0 atom stereocenters. The standard InChI is InChI=1S/2C17H14O/c2*1-2-6-14(7-3-1)13-18-17-11-10-15-8-4-5-9-16(15)12-17/h2*1-12H,13H2. The van der Waals surface area contributed by atoms with Crippen molar-refractivity contribution < 1.29 is 9.47 Å². The molecule has 0 amide bonds. The van der Waals surface area contributed by atoms with Crippen LogP contribution in [0.15, 0.2) is 146 Å². The van der Waals surface area contributed by atoms with Crippen LogP contribution in [0.5, 0.6) is 11.5 Å². The number of hydrogen-bond acceptors (Lipinski definition) is 2. The average Bonchev–Trinajstić information content (AvgIpc) is 2.96. The maximum Gasteiger partial charge on any atom is 0.120 e. The summed E-state index contributed by atoms with van der Waals surface area (Å²) in [5.41, 5.74) is 2.37. The van der Waals surface area contributed by atoms with E-state index < -0.39 is 0 Å². The van der Waals surface area contributed by atoms with Gasteiger partial charge in [0.15, 0.2) is 0 Å². The second kappa shape index (κ2) is 11.7. The molecule has 0 bridgehead atoms. The first-order valence-corrected chi connectivity index (χ1v) is 12.1. The topological polar surface area (TPSA) is 18.5 Å². The Hall–Kier alpha value is -4.56. The first kappa shape index (κ1) is 23.2. The summed E-state index contributed by atoms with van der Waals surface area (Å²) in [7, 11) is 0. The lowest BCUT2D eigenvalue weighted by Gasteiger charge is -2.07. The van der Waals surface area contributed by atoms with E-state index in [-0.39, 0.29) is 0 Å². The van der Waals surface area contributed by atoms with E-state index >= 15 is 0 Å². The molecule has 6 aromatic rings. The van der Waals surface area contributed by atoms with E-state index in [0.717, 1.165) is 11.5 Å². The zero-order valence-corrected chi connectivity index (χ0v) is 20.1. The molecule has 0 aliphatic heterocycles. The summed E-state index contributed by atoms with van der Waals surface area (Å²) in [5, 5.41) is 4.90. The third-order valence-corrected chi connectivity index (χ3v) is 5.94. The molecule has 6 rings (SSSR count). The van der Waals surface area contributed by atoms with Gasteiger partial charge in [-0.25, -0.2) is 0 Å². The molecule has 0 aliphatic carbocycles. The lowest BCUT2D eigenvalue weighted by molar-refractivity contribution is 0.306. The van der Waals surface area contributed by atoms with Crippen LogP contribution in [0.25, 0.3) is 21.5 Å². The van der Waals surface area contributed by atoms with Crippen molar-refractivity contribution in [1.82, 2.24) is 0 Å². The SMILES string of the molecule is c1ccc(COc2ccc3ccccc3c2)cc1.c1ccc(COc2ccc3ccccc3c2)cc1. The normalized spacial score (nSPS) is 10.4. The largest absolute Gasteiger partial charge is 0.489 e. The van der Waals surface area contributed by atoms with Gasteiger partial charge in [-0.2, -0.15) is 0 Å². The summed E-state index contributed by atoms with van der Waals surface area (Å²) in [6, 6.07) is 49.4. The second-order valence-electron chi connectivity index (χ2n) is 8.57. The highest BCUT2D eigenvalue weighted by Gasteiger charge is 1.99. The molecule has 0 spiro atoms. The van der Waals surface area contributed by atoms with E-state index in [1.54, 1.807) is 0 Å². The molecule has 0 aliphatic rings. The predicted octanol–water partition coefficient (Wildman–Crippen LogP) is 8.84.